The van der Waals surface area contributed by atoms with Crippen molar-refractivity contribution in [3.05, 3.63) is 24.3 Å². The highest BCUT2D eigenvalue weighted by molar-refractivity contribution is 6.04. The molecule has 0 radical (unpaired) electrons. The molecule has 60 valence electrons. The average Bonchev–Trinajstić information content (AvgIpc) is 1.99. The highest BCUT2D eigenvalue weighted by atomic mass is 16.4. The van der Waals surface area contributed by atoms with E-state index in [-0.39, 0.29) is 11.4 Å². The first-order valence-corrected chi connectivity index (χ1v) is 3.22. The lowest BCUT2D eigenvalue weighted by Gasteiger charge is -1.93. The first kappa shape index (κ1) is 9.62. The van der Waals surface area contributed by atoms with Crippen molar-refractivity contribution in [3.8, 4) is 0 Å². The molecule has 0 aliphatic carbocycles. The number of hydrogen-bond donors (Lipinski definition) is 1. The maximum Gasteiger partial charge on any atom is 0.331 e. The smallest absolute Gasteiger partial charge is 0.331 e. The van der Waals surface area contributed by atoms with Gasteiger partial charge in [0.15, 0.2) is 5.78 Å². The molecule has 0 aliphatic rings. The van der Waals surface area contributed by atoms with Crippen LogP contribution >= 0.6 is 0 Å². The van der Waals surface area contributed by atoms with Gasteiger partial charge in [0.25, 0.3) is 0 Å². The zero-order valence-corrected chi connectivity index (χ0v) is 6.33. The third kappa shape index (κ3) is 3.35. The number of carboxylic acid groups (broad SMARTS) is 1. The van der Waals surface area contributed by atoms with E-state index in [1.807, 2.05) is 0 Å². The van der Waals surface area contributed by atoms with Crippen LogP contribution in [0.2, 0.25) is 0 Å². The fourth-order valence-corrected chi connectivity index (χ4v) is 0.546. The van der Waals surface area contributed by atoms with Crippen LogP contribution in [0, 0.1) is 0 Å². The summed E-state index contributed by atoms with van der Waals surface area (Å²) in [6.45, 7) is 4.90. The first-order chi connectivity index (χ1) is 5.11. The Labute approximate surface area is 65.0 Å². The van der Waals surface area contributed by atoms with Crippen molar-refractivity contribution >= 4 is 11.8 Å². The van der Waals surface area contributed by atoms with E-state index in [1.54, 1.807) is 6.92 Å². The number of rotatable bonds is 4. The van der Waals surface area contributed by atoms with E-state index < -0.39 is 5.97 Å². The van der Waals surface area contributed by atoms with E-state index in [9.17, 15) is 9.59 Å². The maximum atomic E-state index is 10.6. The third-order valence-electron chi connectivity index (χ3n) is 1.17. The number of carbonyl (C=O) groups is 2. The van der Waals surface area contributed by atoms with Gasteiger partial charge in [-0.3, -0.25) is 4.79 Å². The Morgan fingerprint density at radius 2 is 2.09 bits per heavy atom. The van der Waals surface area contributed by atoms with E-state index in [0.717, 1.165) is 12.2 Å². The lowest BCUT2D eigenvalue weighted by molar-refractivity contribution is -0.133. The van der Waals surface area contributed by atoms with Crippen LogP contribution in [0.4, 0.5) is 0 Å². The number of aliphatic carboxylic acids is 1. The molecule has 0 aromatic heterocycles. The zero-order valence-electron chi connectivity index (χ0n) is 6.33. The van der Waals surface area contributed by atoms with Gasteiger partial charge in [-0.05, 0) is 18.6 Å². The summed E-state index contributed by atoms with van der Waals surface area (Å²) in [5.41, 5.74) is 0.106. The summed E-state index contributed by atoms with van der Waals surface area (Å²) < 4.78 is 0. The largest absolute Gasteiger partial charge is 0.478 e. The van der Waals surface area contributed by atoms with Gasteiger partial charge in [0.2, 0.25) is 0 Å². The van der Waals surface area contributed by atoms with Gasteiger partial charge < -0.3 is 5.11 Å². The van der Waals surface area contributed by atoms with Crippen LogP contribution < -0.4 is 0 Å². The second kappa shape index (κ2) is 4.44. The molecule has 0 spiro atoms. The predicted octanol–water partition coefficient (Wildman–Crippen LogP) is 1.16. The summed E-state index contributed by atoms with van der Waals surface area (Å²) >= 11 is 0. The fraction of sp³-hybridized carbons (Fsp3) is 0.250. The van der Waals surface area contributed by atoms with Crippen molar-refractivity contribution in [2.24, 2.45) is 0 Å². The van der Waals surface area contributed by atoms with E-state index in [4.69, 9.17) is 5.11 Å². The van der Waals surface area contributed by atoms with Crippen molar-refractivity contribution in [2.75, 3.05) is 0 Å². The summed E-state index contributed by atoms with van der Waals surface area (Å²) in [4.78, 5) is 21.0. The Morgan fingerprint density at radius 1 is 1.55 bits per heavy atom. The molecule has 0 aromatic carbocycles. The van der Waals surface area contributed by atoms with Crippen molar-refractivity contribution < 1.29 is 14.7 Å². The molecule has 0 bridgehead atoms. The minimum Gasteiger partial charge on any atom is -0.478 e. The summed E-state index contributed by atoms with van der Waals surface area (Å²) in [6.07, 6.45) is 2.50. The molecule has 3 heteroatoms. The predicted molar refractivity (Wildman–Crippen MR) is 41.2 cm³/mol. The topological polar surface area (TPSA) is 54.4 Å². The van der Waals surface area contributed by atoms with Gasteiger partial charge in [-0.15, -0.1) is 0 Å². The molecule has 0 unspecified atom stereocenters. The van der Waals surface area contributed by atoms with Gasteiger partial charge in [-0.2, -0.15) is 0 Å². The fourth-order valence-electron chi connectivity index (χ4n) is 0.546. The second-order valence-corrected chi connectivity index (χ2v) is 1.93. The summed E-state index contributed by atoms with van der Waals surface area (Å²) in [5, 5.41) is 8.46. The van der Waals surface area contributed by atoms with Crippen molar-refractivity contribution in [3.63, 3.8) is 0 Å². The third-order valence-corrected chi connectivity index (χ3v) is 1.17. The van der Waals surface area contributed by atoms with Crippen LogP contribution in [0.15, 0.2) is 24.3 Å². The van der Waals surface area contributed by atoms with Crippen LogP contribution in [-0.4, -0.2) is 16.9 Å². The van der Waals surface area contributed by atoms with Crippen LogP contribution in [-0.2, 0) is 9.59 Å². The summed E-state index contributed by atoms with van der Waals surface area (Å²) in [7, 11) is 0. The van der Waals surface area contributed by atoms with Crippen molar-refractivity contribution in [2.45, 2.75) is 13.3 Å². The Kier molecular flexibility index (Phi) is 3.88. The SMILES string of the molecule is C=CC(=O)C=C(CC)C(=O)O. The van der Waals surface area contributed by atoms with Crippen molar-refractivity contribution in [1.82, 2.24) is 0 Å². The Bertz CT molecular complexity index is 213. The molecule has 3 nitrogen and oxygen atoms in total. The summed E-state index contributed by atoms with van der Waals surface area (Å²) in [5.74, 6) is -1.42. The molecule has 0 atom stereocenters. The minimum absolute atomic E-state index is 0.106. The van der Waals surface area contributed by atoms with E-state index >= 15 is 0 Å². The lowest BCUT2D eigenvalue weighted by Crippen LogP contribution is -2.01. The highest BCUT2D eigenvalue weighted by Crippen LogP contribution is 2.00. The molecular weight excluding hydrogens is 144 g/mol. The van der Waals surface area contributed by atoms with E-state index in [2.05, 4.69) is 6.58 Å². The van der Waals surface area contributed by atoms with Crippen LogP contribution in [0.3, 0.4) is 0 Å². The van der Waals surface area contributed by atoms with Crippen molar-refractivity contribution in [1.29, 1.82) is 0 Å². The lowest BCUT2D eigenvalue weighted by atomic mass is 10.1. The van der Waals surface area contributed by atoms with Crippen LogP contribution in [0.5, 0.6) is 0 Å². The molecule has 1 N–H and O–H groups in total. The Hall–Kier alpha value is -1.38. The molecule has 0 saturated heterocycles. The zero-order chi connectivity index (χ0) is 8.85. The van der Waals surface area contributed by atoms with Gasteiger partial charge in [0, 0.05) is 5.57 Å². The van der Waals surface area contributed by atoms with E-state index in [0.29, 0.717) is 6.42 Å². The summed E-state index contributed by atoms with van der Waals surface area (Å²) in [6, 6.07) is 0. The molecule has 11 heavy (non-hydrogen) atoms. The van der Waals surface area contributed by atoms with E-state index in [1.165, 1.54) is 0 Å². The number of hydrogen-bond acceptors (Lipinski definition) is 2. The Balaban J connectivity index is 4.47. The monoisotopic (exact) mass is 154 g/mol. The number of ketones is 1. The van der Waals surface area contributed by atoms with Gasteiger partial charge >= 0.3 is 5.97 Å². The minimum atomic E-state index is -1.05. The average molecular weight is 154 g/mol. The molecular formula is C8H10O3. The van der Waals surface area contributed by atoms with Gasteiger partial charge in [-0.25, -0.2) is 4.79 Å². The quantitative estimate of drug-likeness (QED) is 0.618. The van der Waals surface area contributed by atoms with Crippen LogP contribution in [0.25, 0.3) is 0 Å². The molecule has 0 aromatic rings. The van der Waals surface area contributed by atoms with Crippen LogP contribution in [0.1, 0.15) is 13.3 Å². The normalized spacial score (nSPS) is 10.8. The van der Waals surface area contributed by atoms with Gasteiger partial charge in [0.1, 0.15) is 0 Å². The first-order valence-electron chi connectivity index (χ1n) is 3.22. The molecule has 0 aliphatic heterocycles. The molecule has 0 saturated carbocycles. The Morgan fingerprint density at radius 3 is 2.36 bits per heavy atom. The van der Waals surface area contributed by atoms with Gasteiger partial charge in [-0.1, -0.05) is 13.5 Å². The number of carboxylic acids is 1. The molecule has 0 rings (SSSR count). The molecule has 0 amide bonds. The van der Waals surface area contributed by atoms with Gasteiger partial charge in [0.05, 0.1) is 0 Å². The second-order valence-electron chi connectivity index (χ2n) is 1.93. The standard InChI is InChI=1S/C8H10O3/c1-3-6(8(10)11)5-7(9)4-2/h4-5H,2-3H2,1H3,(H,10,11). The number of carbonyl (C=O) groups excluding carboxylic acids is 1. The number of allylic oxidation sites excluding steroid dienone is 2. The maximum absolute atomic E-state index is 10.6. The highest BCUT2D eigenvalue weighted by Gasteiger charge is 2.04. The molecule has 0 fully saturated rings. The molecule has 0 heterocycles.